The maximum absolute atomic E-state index is 5.58. The van der Waals surface area contributed by atoms with Crippen LogP contribution in [-0.2, 0) is 5.41 Å². The molecule has 0 spiro atoms. The van der Waals surface area contributed by atoms with Crippen molar-refractivity contribution in [3.63, 3.8) is 0 Å². The van der Waals surface area contributed by atoms with E-state index in [-0.39, 0.29) is 5.41 Å². The molecule has 0 fully saturated rings. The van der Waals surface area contributed by atoms with Gasteiger partial charge in [-0.2, -0.15) is 0 Å². The maximum Gasteiger partial charge on any atom is 0.122 e. The zero-order chi connectivity index (χ0) is 13.9. The molecule has 0 saturated heterocycles. The summed E-state index contributed by atoms with van der Waals surface area (Å²) >= 11 is 6.71. The van der Waals surface area contributed by atoms with Crippen LogP contribution < -0.4 is 11.1 Å². The van der Waals surface area contributed by atoms with E-state index in [0.29, 0.717) is 10.7 Å². The normalized spacial score (nSPS) is 11.3. The molecule has 0 aromatic carbocycles. The van der Waals surface area contributed by atoms with Crippen molar-refractivity contribution in [3.8, 4) is 0 Å². The first-order valence-electron chi connectivity index (χ1n) is 6.03. The van der Waals surface area contributed by atoms with Crippen LogP contribution in [0.4, 0.5) is 5.69 Å². The molecular formula is C14H17N3S2. The van der Waals surface area contributed by atoms with Crippen molar-refractivity contribution in [2.75, 3.05) is 11.9 Å². The Kier molecular flexibility index (Phi) is 4.17. The van der Waals surface area contributed by atoms with Crippen LogP contribution in [0.2, 0.25) is 0 Å². The molecule has 0 unspecified atom stereocenters. The highest BCUT2D eigenvalue weighted by atomic mass is 32.1. The summed E-state index contributed by atoms with van der Waals surface area (Å²) in [6, 6.07) is 8.05. The first kappa shape index (κ1) is 14.0. The SMILES string of the molecule is CC(C)(CNc1ccnc(C(N)=S)c1)c1cccs1. The lowest BCUT2D eigenvalue weighted by Gasteiger charge is -2.24. The summed E-state index contributed by atoms with van der Waals surface area (Å²) in [5, 5.41) is 5.53. The van der Waals surface area contributed by atoms with Gasteiger partial charge in [0.05, 0.1) is 5.69 Å². The Hall–Kier alpha value is -1.46. The Bertz CT molecular complexity index is 562. The molecule has 2 rings (SSSR count). The van der Waals surface area contributed by atoms with Gasteiger partial charge in [-0.15, -0.1) is 11.3 Å². The third kappa shape index (κ3) is 3.52. The summed E-state index contributed by atoms with van der Waals surface area (Å²) in [7, 11) is 0. The van der Waals surface area contributed by atoms with E-state index < -0.39 is 0 Å². The summed E-state index contributed by atoms with van der Waals surface area (Å²) in [6.07, 6.45) is 1.72. The molecule has 5 heteroatoms. The maximum atomic E-state index is 5.58. The Morgan fingerprint density at radius 2 is 2.26 bits per heavy atom. The molecule has 0 bridgehead atoms. The average Bonchev–Trinajstić information content (AvgIpc) is 2.91. The van der Waals surface area contributed by atoms with Gasteiger partial charge in [-0.05, 0) is 23.6 Å². The Balaban J connectivity index is 2.06. The number of nitrogens with zero attached hydrogens (tertiary/aromatic N) is 1. The highest BCUT2D eigenvalue weighted by Gasteiger charge is 2.21. The van der Waals surface area contributed by atoms with E-state index in [1.54, 1.807) is 17.5 Å². The van der Waals surface area contributed by atoms with Crippen molar-refractivity contribution in [1.82, 2.24) is 4.98 Å². The number of thiophene rings is 1. The fourth-order valence-electron chi connectivity index (χ4n) is 1.75. The van der Waals surface area contributed by atoms with Crippen molar-refractivity contribution < 1.29 is 0 Å². The minimum atomic E-state index is 0.0842. The summed E-state index contributed by atoms with van der Waals surface area (Å²) in [5.41, 5.74) is 7.30. The van der Waals surface area contributed by atoms with Gasteiger partial charge >= 0.3 is 0 Å². The number of pyridine rings is 1. The largest absolute Gasteiger partial charge is 0.388 e. The van der Waals surface area contributed by atoms with Crippen molar-refractivity contribution in [2.45, 2.75) is 19.3 Å². The smallest absolute Gasteiger partial charge is 0.122 e. The van der Waals surface area contributed by atoms with Crippen LogP contribution in [0.3, 0.4) is 0 Å². The lowest BCUT2D eigenvalue weighted by Crippen LogP contribution is -2.26. The van der Waals surface area contributed by atoms with Crippen molar-refractivity contribution in [2.24, 2.45) is 5.73 Å². The number of rotatable bonds is 5. The van der Waals surface area contributed by atoms with Crippen LogP contribution in [0, 0.1) is 0 Å². The molecule has 0 saturated carbocycles. The zero-order valence-corrected chi connectivity index (χ0v) is 12.6. The number of hydrogen-bond acceptors (Lipinski definition) is 4. The van der Waals surface area contributed by atoms with Crippen LogP contribution in [0.1, 0.15) is 24.4 Å². The fraction of sp³-hybridized carbons (Fsp3) is 0.286. The number of nitrogens with two attached hydrogens (primary N) is 1. The average molecular weight is 291 g/mol. The number of nitrogens with one attached hydrogen (secondary N) is 1. The predicted molar refractivity (Wildman–Crippen MR) is 86.0 cm³/mol. The Labute approximate surface area is 122 Å². The molecular weight excluding hydrogens is 274 g/mol. The summed E-state index contributed by atoms with van der Waals surface area (Å²) in [5.74, 6) is 0. The van der Waals surface area contributed by atoms with Gasteiger partial charge in [0.2, 0.25) is 0 Å². The first-order valence-corrected chi connectivity index (χ1v) is 7.31. The predicted octanol–water partition coefficient (Wildman–Crippen LogP) is 3.17. The van der Waals surface area contributed by atoms with E-state index in [9.17, 15) is 0 Å². The van der Waals surface area contributed by atoms with E-state index in [1.165, 1.54) is 4.88 Å². The van der Waals surface area contributed by atoms with E-state index in [2.05, 4.69) is 41.7 Å². The summed E-state index contributed by atoms with van der Waals surface area (Å²) in [6.45, 7) is 5.29. The Morgan fingerprint density at radius 1 is 1.47 bits per heavy atom. The fourth-order valence-corrected chi connectivity index (χ4v) is 2.71. The second-order valence-corrected chi connectivity index (χ2v) is 6.40. The van der Waals surface area contributed by atoms with Crippen molar-refractivity contribution >= 4 is 34.2 Å². The molecule has 19 heavy (non-hydrogen) atoms. The second-order valence-electron chi connectivity index (χ2n) is 5.01. The number of thiocarbonyl (C=S) groups is 1. The lowest BCUT2D eigenvalue weighted by atomic mass is 9.91. The van der Waals surface area contributed by atoms with E-state index >= 15 is 0 Å². The third-order valence-corrected chi connectivity index (χ3v) is 4.38. The summed E-state index contributed by atoms with van der Waals surface area (Å²) < 4.78 is 0. The molecule has 100 valence electrons. The van der Waals surface area contributed by atoms with E-state index in [1.807, 2.05) is 12.1 Å². The van der Waals surface area contributed by atoms with Gasteiger partial charge in [0.25, 0.3) is 0 Å². The van der Waals surface area contributed by atoms with E-state index in [4.69, 9.17) is 18.0 Å². The highest BCUT2D eigenvalue weighted by Crippen LogP contribution is 2.27. The topological polar surface area (TPSA) is 50.9 Å². The molecule has 0 aliphatic rings. The van der Waals surface area contributed by atoms with E-state index in [0.717, 1.165) is 12.2 Å². The van der Waals surface area contributed by atoms with Gasteiger partial charge in [0.15, 0.2) is 0 Å². The molecule has 0 radical (unpaired) electrons. The van der Waals surface area contributed by atoms with Crippen molar-refractivity contribution in [1.29, 1.82) is 0 Å². The second kappa shape index (κ2) is 5.67. The van der Waals surface area contributed by atoms with Crippen LogP contribution in [0.25, 0.3) is 0 Å². The van der Waals surface area contributed by atoms with Gasteiger partial charge in [0.1, 0.15) is 4.99 Å². The Morgan fingerprint density at radius 3 is 2.89 bits per heavy atom. The van der Waals surface area contributed by atoms with Crippen LogP contribution in [0.5, 0.6) is 0 Å². The minimum absolute atomic E-state index is 0.0842. The third-order valence-electron chi connectivity index (χ3n) is 2.94. The quantitative estimate of drug-likeness (QED) is 0.831. The summed E-state index contributed by atoms with van der Waals surface area (Å²) in [4.78, 5) is 5.81. The molecule has 3 nitrogen and oxygen atoms in total. The molecule has 0 aliphatic carbocycles. The van der Waals surface area contributed by atoms with Gasteiger partial charge in [0, 0.05) is 28.7 Å². The molecule has 0 atom stereocenters. The van der Waals surface area contributed by atoms with Crippen LogP contribution in [-0.4, -0.2) is 16.5 Å². The lowest BCUT2D eigenvalue weighted by molar-refractivity contribution is 0.569. The highest BCUT2D eigenvalue weighted by molar-refractivity contribution is 7.80. The minimum Gasteiger partial charge on any atom is -0.388 e. The van der Waals surface area contributed by atoms with Gasteiger partial charge in [-0.1, -0.05) is 32.1 Å². The van der Waals surface area contributed by atoms with Crippen LogP contribution in [0.15, 0.2) is 35.8 Å². The van der Waals surface area contributed by atoms with Gasteiger partial charge in [-0.3, -0.25) is 4.98 Å². The standard InChI is InChI=1S/C14H17N3S2/c1-14(2,12-4-3-7-19-12)9-17-10-5-6-16-11(8-10)13(15)18/h3-8H,9H2,1-2H3,(H2,15,18)(H,16,17). The van der Waals surface area contributed by atoms with Crippen molar-refractivity contribution in [3.05, 3.63) is 46.4 Å². The number of hydrogen-bond donors (Lipinski definition) is 2. The monoisotopic (exact) mass is 291 g/mol. The number of aromatic nitrogens is 1. The molecule has 2 heterocycles. The zero-order valence-electron chi connectivity index (χ0n) is 11.0. The molecule has 3 N–H and O–H groups in total. The van der Waals surface area contributed by atoms with Crippen LogP contribution >= 0.6 is 23.6 Å². The van der Waals surface area contributed by atoms with Gasteiger partial charge in [-0.25, -0.2) is 0 Å². The molecule has 2 aromatic rings. The molecule has 0 aliphatic heterocycles. The first-order chi connectivity index (χ1) is 8.99. The molecule has 2 aromatic heterocycles. The molecule has 0 amide bonds. The number of anilines is 1. The van der Waals surface area contributed by atoms with Gasteiger partial charge < -0.3 is 11.1 Å².